The zero-order valence-electron chi connectivity index (χ0n) is 22.2. The van der Waals surface area contributed by atoms with Crippen molar-refractivity contribution in [3.63, 3.8) is 0 Å². The minimum atomic E-state index is -5.34. The monoisotopic (exact) mass is 566 g/mol. The maximum atomic E-state index is 14.8. The van der Waals surface area contributed by atoms with Crippen LogP contribution in [0.15, 0.2) is 23.0 Å². The van der Waals surface area contributed by atoms with Crippen molar-refractivity contribution in [3.8, 4) is 0 Å². The smallest absolute Gasteiger partial charge is 0.336 e. The summed E-state index contributed by atoms with van der Waals surface area (Å²) in [5, 5.41) is 3.82. The highest BCUT2D eigenvalue weighted by atomic mass is 19.4. The number of carbonyl (C=O) groups is 3. The first-order valence-corrected chi connectivity index (χ1v) is 13.2. The molecule has 2 aliphatic rings. The largest absolute Gasteiger partial charge is 0.493 e. The second-order valence-corrected chi connectivity index (χ2v) is 10.1. The van der Waals surface area contributed by atoms with E-state index in [1.54, 1.807) is 6.92 Å². The summed E-state index contributed by atoms with van der Waals surface area (Å²) in [6, 6.07) is 3.93. The van der Waals surface area contributed by atoms with Crippen LogP contribution in [0.4, 0.5) is 17.6 Å². The summed E-state index contributed by atoms with van der Waals surface area (Å²) in [5.41, 5.74) is -0.323. The molecule has 1 aliphatic carbocycles. The Morgan fingerprint density at radius 1 is 1.10 bits per heavy atom. The highest BCUT2D eigenvalue weighted by Gasteiger charge is 2.42. The van der Waals surface area contributed by atoms with Gasteiger partial charge in [0.05, 0.1) is 11.3 Å². The molecular formula is C27H30F4N4O5. The molecule has 2 fully saturated rings. The van der Waals surface area contributed by atoms with E-state index < -0.39 is 29.4 Å². The zero-order chi connectivity index (χ0) is 29.2. The van der Waals surface area contributed by atoms with E-state index in [9.17, 15) is 36.7 Å². The molecule has 2 amide bonds. The number of nitrogens with zero attached hydrogens (tertiary/aromatic N) is 4. The normalized spacial score (nSPS) is 16.8. The van der Waals surface area contributed by atoms with Crippen molar-refractivity contribution in [1.82, 2.24) is 19.7 Å². The van der Waals surface area contributed by atoms with E-state index in [1.807, 2.05) is 4.90 Å². The molecule has 216 valence electrons. The summed E-state index contributed by atoms with van der Waals surface area (Å²) in [6.07, 6.45) is -0.00215. The second-order valence-electron chi connectivity index (χ2n) is 10.1. The minimum Gasteiger partial charge on any atom is -0.336 e. The Kier molecular flexibility index (Phi) is 8.59. The number of alkyl halides is 3. The summed E-state index contributed by atoms with van der Waals surface area (Å²) in [6.45, 7) is 3.56. The molecule has 0 atom stereocenters. The van der Waals surface area contributed by atoms with E-state index in [4.69, 9.17) is 0 Å². The predicted molar refractivity (Wildman–Crippen MR) is 134 cm³/mol. The molecule has 0 N–H and O–H groups in total. The molecule has 0 unspecified atom stereocenters. The molecule has 0 radical (unpaired) electrons. The first-order chi connectivity index (χ1) is 18.9. The molecule has 1 saturated carbocycles. The lowest BCUT2D eigenvalue weighted by molar-refractivity contribution is -0.202. The van der Waals surface area contributed by atoms with E-state index in [0.717, 1.165) is 38.2 Å². The number of rotatable bonds is 6. The van der Waals surface area contributed by atoms with Crippen LogP contribution in [0.2, 0.25) is 0 Å². The number of piperazine rings is 1. The van der Waals surface area contributed by atoms with Gasteiger partial charge < -0.3 is 14.6 Å². The topological polar surface area (TPSA) is 102 Å². The van der Waals surface area contributed by atoms with Gasteiger partial charge in [-0.3, -0.25) is 14.4 Å². The molecule has 0 bridgehead atoms. The molecule has 0 spiro atoms. The molecule has 9 nitrogen and oxygen atoms in total. The van der Waals surface area contributed by atoms with Crippen molar-refractivity contribution in [1.29, 1.82) is 0 Å². The highest BCUT2D eigenvalue weighted by Crippen LogP contribution is 2.25. The Balaban J connectivity index is 1.56. The minimum absolute atomic E-state index is 0.00729. The quantitative estimate of drug-likeness (QED) is 0.499. The maximum absolute atomic E-state index is 14.8. The van der Waals surface area contributed by atoms with Crippen LogP contribution in [-0.4, -0.2) is 69.4 Å². The van der Waals surface area contributed by atoms with Crippen molar-refractivity contribution in [2.45, 2.75) is 71.0 Å². The second kappa shape index (κ2) is 11.8. The van der Waals surface area contributed by atoms with Crippen LogP contribution in [0.1, 0.15) is 71.8 Å². The van der Waals surface area contributed by atoms with Gasteiger partial charge >= 0.3 is 17.7 Å². The fourth-order valence-corrected chi connectivity index (χ4v) is 5.36. The molecule has 4 rings (SSSR count). The molecular weight excluding hydrogens is 536 g/mol. The fraction of sp³-hybridized carbons (Fsp3) is 0.519. The first-order valence-electron chi connectivity index (χ1n) is 13.2. The summed E-state index contributed by atoms with van der Waals surface area (Å²) in [4.78, 5) is 57.1. The number of hydrogen-bond acceptors (Lipinski definition) is 6. The van der Waals surface area contributed by atoms with Crippen molar-refractivity contribution in [2.75, 3.05) is 19.6 Å². The molecule has 1 saturated heterocycles. The fourth-order valence-electron chi connectivity index (χ4n) is 5.36. The Morgan fingerprint density at radius 2 is 1.80 bits per heavy atom. The van der Waals surface area contributed by atoms with Crippen molar-refractivity contribution >= 4 is 17.8 Å². The molecule has 1 aromatic heterocycles. The molecule has 1 aromatic carbocycles. The van der Waals surface area contributed by atoms with Crippen molar-refractivity contribution < 1.29 is 36.8 Å². The van der Waals surface area contributed by atoms with Crippen molar-refractivity contribution in [2.24, 2.45) is 0 Å². The maximum Gasteiger partial charge on any atom is 0.493 e. The number of amides is 2. The van der Waals surface area contributed by atoms with Crippen LogP contribution < -0.4 is 10.4 Å². The Hall–Kier alpha value is -3.77. The molecule has 1 aliphatic heterocycles. The lowest BCUT2D eigenvalue weighted by atomic mass is 9.93. The molecule has 2 aromatic rings. The van der Waals surface area contributed by atoms with Crippen LogP contribution in [0.5, 0.6) is 0 Å². The Bertz CT molecular complexity index is 1370. The van der Waals surface area contributed by atoms with Crippen LogP contribution in [0.25, 0.3) is 0 Å². The molecule has 13 heteroatoms. The van der Waals surface area contributed by atoms with Crippen LogP contribution >= 0.6 is 0 Å². The van der Waals surface area contributed by atoms with E-state index in [1.165, 1.54) is 24.0 Å². The molecule has 40 heavy (non-hydrogen) atoms. The zero-order valence-corrected chi connectivity index (χ0v) is 22.2. The Labute approximate surface area is 227 Å². The van der Waals surface area contributed by atoms with Gasteiger partial charge in [0.15, 0.2) is 0 Å². The van der Waals surface area contributed by atoms with E-state index in [2.05, 4.69) is 9.94 Å². The Morgan fingerprint density at radius 3 is 2.42 bits per heavy atom. The van der Waals surface area contributed by atoms with E-state index >= 15 is 0 Å². The summed E-state index contributed by atoms with van der Waals surface area (Å²) < 4.78 is 52.9. The standard InChI is InChI=1S/C27H30F4N4O5/c1-3-19-16(2)24(37)35(40-26(39)27(29,30)31)32-22(19)14-17-9-10-21(28)20(13-17)25(38)33-11-12-34(23(36)15-33)18-7-5-4-6-8-18/h9-10,13,18H,3-8,11-12,14-15H2,1-2H3. The third-order valence-electron chi connectivity index (χ3n) is 7.45. The van der Waals surface area contributed by atoms with E-state index in [0.29, 0.717) is 17.7 Å². The summed E-state index contributed by atoms with van der Waals surface area (Å²) in [5.74, 6) is -4.23. The van der Waals surface area contributed by atoms with Gasteiger partial charge in [0.2, 0.25) is 5.91 Å². The first kappa shape index (κ1) is 29.2. The van der Waals surface area contributed by atoms with Gasteiger partial charge in [-0.05, 0) is 54.3 Å². The van der Waals surface area contributed by atoms with Crippen LogP contribution in [0, 0.1) is 12.7 Å². The lowest BCUT2D eigenvalue weighted by Gasteiger charge is -2.40. The number of benzene rings is 1. The third-order valence-corrected chi connectivity index (χ3v) is 7.45. The number of aromatic nitrogens is 2. The van der Waals surface area contributed by atoms with Gasteiger partial charge in [-0.25, -0.2) is 9.18 Å². The summed E-state index contributed by atoms with van der Waals surface area (Å²) in [7, 11) is 0. The number of halogens is 4. The average Bonchev–Trinajstić information content (AvgIpc) is 2.92. The van der Waals surface area contributed by atoms with Gasteiger partial charge in [-0.1, -0.05) is 32.3 Å². The number of hydrogen-bond donors (Lipinski definition) is 0. The van der Waals surface area contributed by atoms with Crippen molar-refractivity contribution in [3.05, 3.63) is 62.3 Å². The van der Waals surface area contributed by atoms with Gasteiger partial charge in [0.25, 0.3) is 5.91 Å². The highest BCUT2D eigenvalue weighted by molar-refractivity contribution is 5.97. The summed E-state index contributed by atoms with van der Waals surface area (Å²) >= 11 is 0. The molecule has 2 heterocycles. The van der Waals surface area contributed by atoms with Gasteiger partial charge in [-0.2, -0.15) is 13.2 Å². The van der Waals surface area contributed by atoms with Crippen LogP contribution in [0.3, 0.4) is 0 Å². The van der Waals surface area contributed by atoms with E-state index in [-0.39, 0.29) is 59.5 Å². The lowest BCUT2D eigenvalue weighted by Crippen LogP contribution is -2.55. The third kappa shape index (κ3) is 6.18. The van der Waals surface area contributed by atoms with Gasteiger partial charge in [0.1, 0.15) is 12.4 Å². The van der Waals surface area contributed by atoms with Crippen LogP contribution in [-0.2, 0) is 22.4 Å². The SMILES string of the molecule is CCc1c(Cc2ccc(F)c(C(=O)N3CCN(C4CCCCC4)C(=O)C3)c2)nn(OC(=O)C(F)(F)F)c(=O)c1C. The predicted octanol–water partition coefficient (Wildman–Crippen LogP) is 2.98. The van der Waals surface area contributed by atoms with Gasteiger partial charge in [-0.15, -0.1) is 5.10 Å². The van der Waals surface area contributed by atoms with Gasteiger partial charge in [0, 0.05) is 31.1 Å². The number of carbonyl (C=O) groups excluding carboxylic acids is 3. The average molecular weight is 567 g/mol.